The normalized spacial score (nSPS) is 13.8. The van der Waals surface area contributed by atoms with E-state index < -0.39 is 12.1 Å². The second kappa shape index (κ2) is 5.55. The van der Waals surface area contributed by atoms with Gasteiger partial charge in [-0.25, -0.2) is 0 Å². The van der Waals surface area contributed by atoms with E-state index in [-0.39, 0.29) is 12.0 Å². The lowest BCUT2D eigenvalue weighted by molar-refractivity contribution is -0.151. The third-order valence-corrected chi connectivity index (χ3v) is 2.60. The van der Waals surface area contributed by atoms with Crippen LogP contribution in [0.25, 0.3) is 0 Å². The smallest absolute Gasteiger partial charge is 0.320 e. The van der Waals surface area contributed by atoms with Crippen LogP contribution >= 0.6 is 11.6 Å². The van der Waals surface area contributed by atoms with Gasteiger partial charge in [0, 0.05) is 5.02 Å². The van der Waals surface area contributed by atoms with Crippen molar-refractivity contribution in [3.63, 3.8) is 0 Å². The number of halogens is 4. The molecule has 0 heterocycles. The van der Waals surface area contributed by atoms with Gasteiger partial charge in [-0.05, 0) is 37.7 Å². The third-order valence-electron chi connectivity index (χ3n) is 2.35. The van der Waals surface area contributed by atoms with Crippen LogP contribution in [-0.2, 0) is 0 Å². The molecule has 1 aromatic carbocycles. The van der Waals surface area contributed by atoms with Gasteiger partial charge in [0.1, 0.15) is 0 Å². The molecule has 1 atom stereocenters. The number of nitrogens with one attached hydrogen (secondary N) is 1. The van der Waals surface area contributed by atoms with Crippen LogP contribution in [0.1, 0.15) is 17.9 Å². The average Bonchev–Trinajstić information content (AvgIpc) is 2.19. The summed E-state index contributed by atoms with van der Waals surface area (Å²) in [4.78, 5) is 0. The molecule has 1 N–H and O–H groups in total. The summed E-state index contributed by atoms with van der Waals surface area (Å²) in [6.07, 6.45) is -4.19. The van der Waals surface area contributed by atoms with Crippen molar-refractivity contribution >= 4 is 11.6 Å². The van der Waals surface area contributed by atoms with E-state index in [9.17, 15) is 13.2 Å². The first kappa shape index (κ1) is 13.3. The molecule has 0 saturated heterocycles. The highest BCUT2D eigenvalue weighted by molar-refractivity contribution is 6.30. The second-order valence-corrected chi connectivity index (χ2v) is 3.97. The largest absolute Gasteiger partial charge is 0.395 e. The maximum absolute atomic E-state index is 12.8. The number of hydrogen-bond donors (Lipinski definition) is 1. The Labute approximate surface area is 97.6 Å². The Morgan fingerprint density at radius 1 is 1.25 bits per heavy atom. The maximum atomic E-state index is 12.8. The Kier molecular flexibility index (Phi) is 4.62. The first-order chi connectivity index (χ1) is 7.45. The summed E-state index contributed by atoms with van der Waals surface area (Å²) in [5.74, 6) is -1.43. The summed E-state index contributed by atoms with van der Waals surface area (Å²) in [5.41, 5.74) is 0.257. The summed E-state index contributed by atoms with van der Waals surface area (Å²) in [6, 6.07) is 5.82. The van der Waals surface area contributed by atoms with Crippen LogP contribution in [-0.4, -0.2) is 19.8 Å². The highest BCUT2D eigenvalue weighted by atomic mass is 35.5. The fraction of sp³-hybridized carbons (Fsp3) is 0.455. The molecule has 0 radical (unpaired) electrons. The molecule has 16 heavy (non-hydrogen) atoms. The monoisotopic (exact) mass is 251 g/mol. The van der Waals surface area contributed by atoms with Gasteiger partial charge in [0.2, 0.25) is 0 Å². The summed E-state index contributed by atoms with van der Waals surface area (Å²) >= 11 is 5.64. The van der Waals surface area contributed by atoms with E-state index in [4.69, 9.17) is 11.6 Å². The van der Waals surface area contributed by atoms with E-state index in [1.54, 1.807) is 7.05 Å². The Morgan fingerprint density at radius 3 is 2.25 bits per heavy atom. The molecule has 0 fully saturated rings. The molecule has 0 bridgehead atoms. The summed E-state index contributed by atoms with van der Waals surface area (Å²) in [6.45, 7) is 0.326. The van der Waals surface area contributed by atoms with E-state index in [0.717, 1.165) is 0 Å². The fourth-order valence-corrected chi connectivity index (χ4v) is 1.63. The molecular formula is C11H13ClF3N. The van der Waals surface area contributed by atoms with Gasteiger partial charge in [-0.1, -0.05) is 23.7 Å². The van der Waals surface area contributed by atoms with Crippen molar-refractivity contribution in [2.75, 3.05) is 13.6 Å². The molecule has 1 unspecified atom stereocenters. The van der Waals surface area contributed by atoms with Crippen LogP contribution in [0, 0.1) is 0 Å². The highest BCUT2D eigenvalue weighted by Crippen LogP contribution is 2.37. The summed E-state index contributed by atoms with van der Waals surface area (Å²) < 4.78 is 38.3. The lowest BCUT2D eigenvalue weighted by atomic mass is 9.95. The van der Waals surface area contributed by atoms with E-state index >= 15 is 0 Å². The van der Waals surface area contributed by atoms with Gasteiger partial charge in [0.25, 0.3) is 0 Å². The topological polar surface area (TPSA) is 12.0 Å². The zero-order valence-electron chi connectivity index (χ0n) is 8.81. The Bertz CT molecular complexity index is 321. The van der Waals surface area contributed by atoms with Gasteiger partial charge in [-0.15, -0.1) is 0 Å². The zero-order valence-corrected chi connectivity index (χ0v) is 9.57. The van der Waals surface area contributed by atoms with Crippen LogP contribution in [0.5, 0.6) is 0 Å². The molecule has 0 amide bonds. The van der Waals surface area contributed by atoms with E-state index in [1.807, 2.05) is 0 Å². The number of benzene rings is 1. The van der Waals surface area contributed by atoms with Crippen molar-refractivity contribution < 1.29 is 13.2 Å². The van der Waals surface area contributed by atoms with Crippen molar-refractivity contribution in [1.29, 1.82) is 0 Å². The predicted molar refractivity (Wildman–Crippen MR) is 58.8 cm³/mol. The molecule has 0 aliphatic carbocycles. The van der Waals surface area contributed by atoms with Gasteiger partial charge in [0.15, 0.2) is 0 Å². The SMILES string of the molecule is CNCCC(c1ccc(Cl)cc1)C(F)(F)F. The standard InChI is InChI=1S/C11H13ClF3N/c1-16-7-6-10(11(13,14)15)8-2-4-9(12)5-3-8/h2-5,10,16H,6-7H2,1H3. The molecular weight excluding hydrogens is 239 g/mol. The molecule has 1 nitrogen and oxygen atoms in total. The molecule has 0 saturated carbocycles. The van der Waals surface area contributed by atoms with Crippen molar-refractivity contribution in [1.82, 2.24) is 5.32 Å². The summed E-state index contributed by atoms with van der Waals surface area (Å²) in [5, 5.41) is 3.17. The zero-order chi connectivity index (χ0) is 12.2. The highest BCUT2D eigenvalue weighted by Gasteiger charge is 2.39. The molecule has 0 aliphatic rings. The minimum absolute atomic E-state index is 0.0294. The number of rotatable bonds is 4. The van der Waals surface area contributed by atoms with E-state index in [0.29, 0.717) is 11.6 Å². The maximum Gasteiger partial charge on any atom is 0.395 e. The van der Waals surface area contributed by atoms with Crippen LogP contribution in [0.3, 0.4) is 0 Å². The van der Waals surface area contributed by atoms with Crippen LogP contribution in [0.2, 0.25) is 5.02 Å². The van der Waals surface area contributed by atoms with Crippen molar-refractivity contribution in [3.8, 4) is 0 Å². The Hall–Kier alpha value is -0.740. The Balaban J connectivity index is 2.88. The van der Waals surface area contributed by atoms with Gasteiger partial charge < -0.3 is 5.32 Å². The predicted octanol–water partition coefficient (Wildman–Crippen LogP) is 3.60. The fourth-order valence-electron chi connectivity index (χ4n) is 1.50. The minimum atomic E-state index is -4.22. The molecule has 0 aromatic heterocycles. The van der Waals surface area contributed by atoms with Gasteiger partial charge in [0.05, 0.1) is 5.92 Å². The van der Waals surface area contributed by atoms with E-state index in [2.05, 4.69) is 5.32 Å². The van der Waals surface area contributed by atoms with E-state index in [1.165, 1.54) is 24.3 Å². The van der Waals surface area contributed by atoms with Crippen molar-refractivity contribution in [2.24, 2.45) is 0 Å². The Morgan fingerprint density at radius 2 is 1.81 bits per heavy atom. The van der Waals surface area contributed by atoms with Crippen molar-refractivity contribution in [3.05, 3.63) is 34.9 Å². The molecule has 0 spiro atoms. The molecule has 0 aliphatic heterocycles. The summed E-state index contributed by atoms with van der Waals surface area (Å²) in [7, 11) is 1.63. The number of hydrogen-bond acceptors (Lipinski definition) is 1. The average molecular weight is 252 g/mol. The third kappa shape index (κ3) is 3.68. The quantitative estimate of drug-likeness (QED) is 0.862. The molecule has 1 aromatic rings. The van der Waals surface area contributed by atoms with Crippen LogP contribution in [0.4, 0.5) is 13.2 Å². The molecule has 1 rings (SSSR count). The molecule has 5 heteroatoms. The lowest BCUT2D eigenvalue weighted by Gasteiger charge is -2.20. The first-order valence-electron chi connectivity index (χ1n) is 4.92. The number of alkyl halides is 3. The second-order valence-electron chi connectivity index (χ2n) is 3.54. The molecule has 90 valence electrons. The lowest BCUT2D eigenvalue weighted by Crippen LogP contribution is -2.24. The van der Waals surface area contributed by atoms with Crippen LogP contribution in [0.15, 0.2) is 24.3 Å². The van der Waals surface area contributed by atoms with Crippen molar-refractivity contribution in [2.45, 2.75) is 18.5 Å². The van der Waals surface area contributed by atoms with Crippen LogP contribution < -0.4 is 5.32 Å². The van der Waals surface area contributed by atoms with Gasteiger partial charge in [-0.2, -0.15) is 13.2 Å². The first-order valence-corrected chi connectivity index (χ1v) is 5.29. The van der Waals surface area contributed by atoms with Gasteiger partial charge >= 0.3 is 6.18 Å². The van der Waals surface area contributed by atoms with Gasteiger partial charge in [-0.3, -0.25) is 0 Å². The minimum Gasteiger partial charge on any atom is -0.320 e.